The fourth-order valence-corrected chi connectivity index (χ4v) is 7.99. The van der Waals surface area contributed by atoms with Crippen molar-refractivity contribution in [2.24, 2.45) is 13.0 Å². The number of thioether (sulfide) groups is 1. The molecule has 0 aromatic carbocycles. The van der Waals surface area contributed by atoms with Crippen LogP contribution in [-0.4, -0.2) is 55.8 Å². The first-order valence-electron chi connectivity index (χ1n) is 11.7. The average molecular weight is 531 g/mol. The molecular formula is C23H26N6O5S2. The molecule has 3 aliphatic heterocycles. The van der Waals surface area contributed by atoms with Crippen molar-refractivity contribution in [2.45, 2.75) is 57.0 Å². The van der Waals surface area contributed by atoms with Crippen molar-refractivity contribution in [3.8, 4) is 0 Å². The van der Waals surface area contributed by atoms with Gasteiger partial charge in [-0.25, -0.2) is 17.9 Å². The van der Waals surface area contributed by atoms with E-state index in [-0.39, 0.29) is 17.3 Å². The van der Waals surface area contributed by atoms with E-state index < -0.39 is 38.8 Å². The van der Waals surface area contributed by atoms with Crippen LogP contribution in [0.25, 0.3) is 0 Å². The van der Waals surface area contributed by atoms with E-state index in [1.54, 1.807) is 35.2 Å². The van der Waals surface area contributed by atoms with Crippen molar-refractivity contribution in [3.63, 3.8) is 0 Å². The van der Waals surface area contributed by atoms with Crippen LogP contribution in [0.3, 0.4) is 0 Å². The van der Waals surface area contributed by atoms with Crippen LogP contribution in [0.15, 0.2) is 35.0 Å². The van der Waals surface area contributed by atoms with Crippen molar-refractivity contribution in [1.82, 2.24) is 29.3 Å². The zero-order valence-corrected chi connectivity index (χ0v) is 21.5. The summed E-state index contributed by atoms with van der Waals surface area (Å²) in [5.74, 6) is -1.20. The minimum Gasteiger partial charge on any atom is -0.370 e. The molecule has 1 aliphatic carbocycles. The van der Waals surface area contributed by atoms with Crippen LogP contribution in [0.5, 0.6) is 0 Å². The van der Waals surface area contributed by atoms with Crippen molar-refractivity contribution in [2.75, 3.05) is 0 Å². The lowest BCUT2D eigenvalue weighted by atomic mass is 10.0. The number of sulfonamides is 1. The minimum atomic E-state index is -3.81. The zero-order valence-electron chi connectivity index (χ0n) is 19.9. The van der Waals surface area contributed by atoms with Gasteiger partial charge in [0.2, 0.25) is 15.9 Å². The minimum absolute atomic E-state index is 0.0540. The Labute approximate surface area is 212 Å². The van der Waals surface area contributed by atoms with Crippen LogP contribution >= 0.6 is 11.8 Å². The summed E-state index contributed by atoms with van der Waals surface area (Å²) in [6, 6.07) is 1.49. The lowest BCUT2D eigenvalue weighted by Crippen LogP contribution is -2.58. The number of rotatable bonds is 7. The average Bonchev–Trinajstić information content (AvgIpc) is 3.25. The second-order valence-electron chi connectivity index (χ2n) is 9.99. The standard InChI is InChI=1S/C23H26N6O5S2/c1-23(3-4-23)26-36(32,33)19-6-17-20(30)28(11-15-8-25-27(2)9-15)22(31)29(21(17)35-19)10-14-5-16-12-34-13-18(16)24-7-14/h5-9,17,21,26H,3-4,10-13H2,1-2H3. The SMILES string of the molecule is Cn1cc(CN2C(=O)C3C=C(S(=O)(=O)NC4(C)CC4)SC3N(Cc3cnc4c(c3)COC4)C2=O)cn1. The molecule has 1 saturated carbocycles. The molecule has 3 amide bonds. The summed E-state index contributed by atoms with van der Waals surface area (Å²) < 4.78 is 36.1. The number of imide groups is 1. The van der Waals surface area contributed by atoms with Gasteiger partial charge in [-0.2, -0.15) is 5.10 Å². The Balaban J connectivity index is 1.32. The lowest BCUT2D eigenvalue weighted by molar-refractivity contribution is -0.135. The van der Waals surface area contributed by atoms with Crippen molar-refractivity contribution in [3.05, 3.63) is 57.4 Å². The van der Waals surface area contributed by atoms with Gasteiger partial charge in [-0.15, -0.1) is 0 Å². The molecule has 6 rings (SSSR count). The van der Waals surface area contributed by atoms with Crippen molar-refractivity contribution < 1.29 is 22.7 Å². The number of aromatic nitrogens is 3. The molecule has 5 heterocycles. The Hall–Kier alpha value is -2.74. The zero-order chi connectivity index (χ0) is 25.2. The second-order valence-corrected chi connectivity index (χ2v) is 13.1. The van der Waals surface area contributed by atoms with E-state index in [1.165, 1.54) is 11.0 Å². The summed E-state index contributed by atoms with van der Waals surface area (Å²) in [5, 5.41) is 3.46. The Morgan fingerprint density at radius 3 is 2.72 bits per heavy atom. The molecule has 2 fully saturated rings. The molecule has 2 aromatic heterocycles. The highest BCUT2D eigenvalue weighted by Crippen LogP contribution is 2.46. The normalized spacial score (nSPS) is 24.7. The van der Waals surface area contributed by atoms with Gasteiger partial charge in [0.15, 0.2) is 0 Å². The smallest absolute Gasteiger partial charge is 0.328 e. The molecular weight excluding hydrogens is 504 g/mol. The number of carbonyl (C=O) groups is 2. The fourth-order valence-electron chi connectivity index (χ4n) is 4.69. The molecule has 190 valence electrons. The van der Waals surface area contributed by atoms with E-state index in [9.17, 15) is 18.0 Å². The lowest BCUT2D eigenvalue weighted by Gasteiger charge is -2.41. The van der Waals surface area contributed by atoms with Crippen LogP contribution in [0.1, 0.15) is 42.1 Å². The van der Waals surface area contributed by atoms with E-state index in [4.69, 9.17) is 4.74 Å². The monoisotopic (exact) mass is 530 g/mol. The highest BCUT2D eigenvalue weighted by molar-refractivity contribution is 8.18. The van der Waals surface area contributed by atoms with Crippen LogP contribution < -0.4 is 4.72 Å². The quantitative estimate of drug-likeness (QED) is 0.574. The molecule has 1 saturated heterocycles. The van der Waals surface area contributed by atoms with Gasteiger partial charge in [0.05, 0.1) is 44.1 Å². The van der Waals surface area contributed by atoms with E-state index in [0.29, 0.717) is 18.8 Å². The van der Waals surface area contributed by atoms with Crippen molar-refractivity contribution in [1.29, 1.82) is 0 Å². The highest BCUT2D eigenvalue weighted by atomic mass is 32.3. The first-order chi connectivity index (χ1) is 17.1. The second kappa shape index (κ2) is 8.40. The third-order valence-corrected chi connectivity index (χ3v) is 10.4. The van der Waals surface area contributed by atoms with Crippen LogP contribution in [-0.2, 0) is 52.9 Å². The summed E-state index contributed by atoms with van der Waals surface area (Å²) in [7, 11) is -2.05. The van der Waals surface area contributed by atoms with Gasteiger partial charge in [0.25, 0.3) is 0 Å². The molecule has 2 atom stereocenters. The van der Waals surface area contributed by atoms with Gasteiger partial charge in [-0.05, 0) is 37.5 Å². The number of carbonyl (C=O) groups excluding carboxylic acids is 2. The molecule has 2 aromatic rings. The predicted octanol–water partition coefficient (Wildman–Crippen LogP) is 1.81. The first-order valence-corrected chi connectivity index (χ1v) is 14.0. The Kier molecular flexibility index (Phi) is 5.52. The molecule has 0 spiro atoms. The third kappa shape index (κ3) is 4.23. The summed E-state index contributed by atoms with van der Waals surface area (Å²) in [6.07, 6.45) is 8.10. The van der Waals surface area contributed by atoms with E-state index in [2.05, 4.69) is 14.8 Å². The van der Waals surface area contributed by atoms with Gasteiger partial charge in [-0.3, -0.25) is 19.4 Å². The Morgan fingerprint density at radius 1 is 1.19 bits per heavy atom. The van der Waals surface area contributed by atoms with Crippen LogP contribution in [0.2, 0.25) is 0 Å². The summed E-state index contributed by atoms with van der Waals surface area (Å²) in [5.41, 5.74) is 2.90. The number of amides is 3. The molecule has 1 N–H and O–H groups in total. The van der Waals surface area contributed by atoms with E-state index >= 15 is 0 Å². The first kappa shape index (κ1) is 23.6. The number of hydrogen-bond acceptors (Lipinski definition) is 8. The number of fused-ring (bicyclic) bond motifs is 2. The predicted molar refractivity (Wildman–Crippen MR) is 130 cm³/mol. The summed E-state index contributed by atoms with van der Waals surface area (Å²) in [6.45, 7) is 3.03. The Bertz CT molecular complexity index is 1400. The molecule has 0 bridgehead atoms. The molecule has 11 nitrogen and oxygen atoms in total. The van der Waals surface area contributed by atoms with E-state index in [0.717, 1.165) is 41.4 Å². The highest BCUT2D eigenvalue weighted by Gasteiger charge is 2.52. The van der Waals surface area contributed by atoms with Crippen LogP contribution in [0, 0.1) is 5.92 Å². The molecule has 0 radical (unpaired) electrons. The summed E-state index contributed by atoms with van der Waals surface area (Å²) in [4.78, 5) is 34.4. The van der Waals surface area contributed by atoms with Gasteiger partial charge < -0.3 is 9.64 Å². The summed E-state index contributed by atoms with van der Waals surface area (Å²) >= 11 is 1.05. The number of urea groups is 1. The molecule has 2 unspecified atom stereocenters. The maximum absolute atomic E-state index is 13.7. The molecule has 36 heavy (non-hydrogen) atoms. The number of nitrogens with zero attached hydrogens (tertiary/aromatic N) is 5. The van der Waals surface area contributed by atoms with Crippen LogP contribution in [0.4, 0.5) is 4.79 Å². The van der Waals surface area contributed by atoms with Crippen molar-refractivity contribution >= 4 is 33.7 Å². The number of hydrogen-bond donors (Lipinski definition) is 1. The topological polar surface area (TPSA) is 127 Å². The fraction of sp³-hybridized carbons (Fsp3) is 0.478. The third-order valence-electron chi connectivity index (χ3n) is 6.91. The van der Waals surface area contributed by atoms with Gasteiger partial charge in [-0.1, -0.05) is 11.8 Å². The van der Waals surface area contributed by atoms with Gasteiger partial charge in [0.1, 0.15) is 9.61 Å². The largest absolute Gasteiger partial charge is 0.370 e. The molecule has 13 heteroatoms. The number of nitrogens with one attached hydrogen (secondary N) is 1. The molecule has 4 aliphatic rings. The number of pyridine rings is 1. The maximum Gasteiger partial charge on any atom is 0.328 e. The van der Waals surface area contributed by atoms with Gasteiger partial charge in [0, 0.05) is 36.1 Å². The number of ether oxygens (including phenoxy) is 1. The van der Waals surface area contributed by atoms with Gasteiger partial charge >= 0.3 is 6.03 Å². The Morgan fingerprint density at radius 2 is 2.00 bits per heavy atom. The maximum atomic E-state index is 13.7. The number of aryl methyl sites for hydroxylation is 1. The van der Waals surface area contributed by atoms with E-state index in [1.807, 2.05) is 13.0 Å².